The Bertz CT molecular complexity index is 169. The van der Waals surface area contributed by atoms with E-state index in [-0.39, 0.29) is 6.54 Å². The first-order chi connectivity index (χ1) is 6.48. The lowest BCUT2D eigenvalue weighted by atomic mass is 10.1. The predicted octanol–water partition coefficient (Wildman–Crippen LogP) is 1.66. The van der Waals surface area contributed by atoms with Gasteiger partial charge in [-0.1, -0.05) is 32.6 Å². The van der Waals surface area contributed by atoms with Gasteiger partial charge in [0.15, 0.2) is 0 Å². The number of unbranched alkanes of at least 4 members (excludes halogenated alkanes) is 4. The first kappa shape index (κ1) is 13.3. The standard InChI is InChI=1S/C9H17F2NO2/c1-2-3-4-5-6-7-12-8(13)9(10,11)14/h14H,2-7H2,1H3,(H,12,13). The zero-order valence-electron chi connectivity index (χ0n) is 8.35. The summed E-state index contributed by atoms with van der Waals surface area (Å²) in [6.07, 6.45) is 0.601. The maximum Gasteiger partial charge on any atom is 0.433 e. The van der Waals surface area contributed by atoms with Gasteiger partial charge in [0.05, 0.1) is 0 Å². The van der Waals surface area contributed by atoms with Crippen LogP contribution in [0.3, 0.4) is 0 Å². The summed E-state index contributed by atoms with van der Waals surface area (Å²) >= 11 is 0. The number of hydrogen-bond acceptors (Lipinski definition) is 2. The summed E-state index contributed by atoms with van der Waals surface area (Å²) < 4.78 is 23.8. The molecule has 0 atom stereocenters. The molecule has 0 heterocycles. The van der Waals surface area contributed by atoms with Crippen LogP contribution in [0, 0.1) is 0 Å². The van der Waals surface area contributed by atoms with E-state index in [0.717, 1.165) is 25.7 Å². The monoisotopic (exact) mass is 209 g/mol. The second kappa shape index (κ2) is 6.70. The van der Waals surface area contributed by atoms with E-state index in [0.29, 0.717) is 6.42 Å². The molecule has 0 aromatic rings. The fourth-order valence-corrected chi connectivity index (χ4v) is 1.04. The molecule has 0 fully saturated rings. The lowest BCUT2D eigenvalue weighted by Gasteiger charge is -2.08. The van der Waals surface area contributed by atoms with Crippen molar-refractivity contribution < 1.29 is 18.7 Å². The van der Waals surface area contributed by atoms with E-state index < -0.39 is 12.0 Å². The Morgan fingerprint density at radius 2 is 1.86 bits per heavy atom. The highest BCUT2D eigenvalue weighted by atomic mass is 19.3. The number of hydrogen-bond donors (Lipinski definition) is 2. The van der Waals surface area contributed by atoms with E-state index in [1.54, 1.807) is 0 Å². The van der Waals surface area contributed by atoms with Crippen molar-refractivity contribution in [2.45, 2.75) is 45.1 Å². The van der Waals surface area contributed by atoms with Gasteiger partial charge in [0.2, 0.25) is 0 Å². The smallest absolute Gasteiger partial charge is 0.349 e. The summed E-state index contributed by atoms with van der Waals surface area (Å²) in [7, 11) is 0. The van der Waals surface area contributed by atoms with Crippen LogP contribution in [0.25, 0.3) is 0 Å². The molecule has 0 aromatic heterocycles. The summed E-state index contributed by atoms with van der Waals surface area (Å²) in [5, 5.41) is 9.94. The zero-order chi connectivity index (χ0) is 11.0. The van der Waals surface area contributed by atoms with Gasteiger partial charge in [0.25, 0.3) is 0 Å². The van der Waals surface area contributed by atoms with E-state index in [4.69, 9.17) is 5.11 Å². The van der Waals surface area contributed by atoms with Crippen LogP contribution in [0.4, 0.5) is 8.78 Å². The molecule has 3 nitrogen and oxygen atoms in total. The van der Waals surface area contributed by atoms with Gasteiger partial charge < -0.3 is 10.4 Å². The van der Waals surface area contributed by atoms with Crippen LogP contribution < -0.4 is 5.32 Å². The van der Waals surface area contributed by atoms with E-state index >= 15 is 0 Å². The SMILES string of the molecule is CCCCCCCNC(=O)C(O)(F)F. The summed E-state index contributed by atoms with van der Waals surface area (Å²) in [6.45, 7) is 2.27. The molecule has 0 spiro atoms. The Morgan fingerprint density at radius 1 is 1.29 bits per heavy atom. The van der Waals surface area contributed by atoms with Crippen molar-refractivity contribution in [3.8, 4) is 0 Å². The van der Waals surface area contributed by atoms with Crippen molar-refractivity contribution in [2.24, 2.45) is 0 Å². The van der Waals surface area contributed by atoms with Gasteiger partial charge in [-0.2, -0.15) is 8.78 Å². The fraction of sp³-hybridized carbons (Fsp3) is 0.889. The highest BCUT2D eigenvalue weighted by Gasteiger charge is 2.35. The molecule has 2 N–H and O–H groups in total. The quantitative estimate of drug-likeness (QED) is 0.626. The van der Waals surface area contributed by atoms with Crippen molar-refractivity contribution in [3.05, 3.63) is 0 Å². The summed E-state index contributed by atoms with van der Waals surface area (Å²) in [5.41, 5.74) is 0. The Morgan fingerprint density at radius 3 is 2.36 bits per heavy atom. The van der Waals surface area contributed by atoms with Gasteiger partial charge in [-0.15, -0.1) is 0 Å². The van der Waals surface area contributed by atoms with Gasteiger partial charge in [0, 0.05) is 6.54 Å². The number of carbonyl (C=O) groups is 1. The molecule has 14 heavy (non-hydrogen) atoms. The Kier molecular flexibility index (Phi) is 6.36. The van der Waals surface area contributed by atoms with E-state index in [9.17, 15) is 13.6 Å². The highest BCUT2D eigenvalue weighted by Crippen LogP contribution is 2.07. The van der Waals surface area contributed by atoms with Crippen molar-refractivity contribution in [2.75, 3.05) is 6.54 Å². The largest absolute Gasteiger partial charge is 0.433 e. The Balaban J connectivity index is 3.33. The lowest BCUT2D eigenvalue weighted by Crippen LogP contribution is -2.40. The first-order valence-electron chi connectivity index (χ1n) is 4.87. The second-order valence-corrected chi connectivity index (χ2v) is 3.21. The average molecular weight is 209 g/mol. The molecule has 0 aliphatic rings. The molecule has 0 saturated heterocycles. The lowest BCUT2D eigenvalue weighted by molar-refractivity contribution is -0.205. The summed E-state index contributed by atoms with van der Waals surface area (Å²) in [6, 6.07) is 0. The molecule has 0 bridgehead atoms. The fourth-order valence-electron chi connectivity index (χ4n) is 1.04. The van der Waals surface area contributed by atoms with Gasteiger partial charge in [0.1, 0.15) is 0 Å². The topological polar surface area (TPSA) is 49.3 Å². The molecule has 0 unspecified atom stereocenters. The minimum Gasteiger partial charge on any atom is -0.349 e. The number of rotatable bonds is 7. The van der Waals surface area contributed by atoms with E-state index in [1.165, 1.54) is 0 Å². The van der Waals surface area contributed by atoms with Crippen LogP contribution >= 0.6 is 0 Å². The van der Waals surface area contributed by atoms with Crippen LogP contribution in [-0.2, 0) is 4.79 Å². The van der Waals surface area contributed by atoms with Crippen LogP contribution in [0.1, 0.15) is 39.0 Å². The number of amides is 1. The number of nitrogens with one attached hydrogen (secondary N) is 1. The second-order valence-electron chi connectivity index (χ2n) is 3.21. The van der Waals surface area contributed by atoms with E-state index in [1.807, 2.05) is 5.32 Å². The number of aliphatic hydroxyl groups is 1. The minimum atomic E-state index is -4.25. The van der Waals surface area contributed by atoms with Gasteiger partial charge in [-0.25, -0.2) is 0 Å². The van der Waals surface area contributed by atoms with Gasteiger partial charge in [-0.05, 0) is 6.42 Å². The number of alkyl halides is 2. The molecular weight excluding hydrogens is 192 g/mol. The number of carbonyl (C=O) groups excluding carboxylic acids is 1. The highest BCUT2D eigenvalue weighted by molar-refractivity contribution is 5.81. The van der Waals surface area contributed by atoms with Gasteiger partial charge >= 0.3 is 12.0 Å². The molecule has 0 saturated carbocycles. The van der Waals surface area contributed by atoms with Crippen LogP contribution in [0.5, 0.6) is 0 Å². The Labute approximate surface area is 82.5 Å². The van der Waals surface area contributed by atoms with Crippen LogP contribution in [-0.4, -0.2) is 23.7 Å². The Hall–Kier alpha value is -0.710. The molecule has 5 heteroatoms. The molecule has 0 rings (SSSR count). The minimum absolute atomic E-state index is 0.193. The molecule has 84 valence electrons. The maximum atomic E-state index is 11.9. The normalized spacial score (nSPS) is 11.4. The third kappa shape index (κ3) is 6.77. The summed E-state index contributed by atoms with van der Waals surface area (Å²) in [5.74, 6) is -1.62. The van der Waals surface area contributed by atoms with Crippen LogP contribution in [0.2, 0.25) is 0 Å². The van der Waals surface area contributed by atoms with Crippen molar-refractivity contribution in [1.82, 2.24) is 5.32 Å². The van der Waals surface area contributed by atoms with Gasteiger partial charge in [-0.3, -0.25) is 4.79 Å². The van der Waals surface area contributed by atoms with E-state index in [2.05, 4.69) is 6.92 Å². The van der Waals surface area contributed by atoms with Crippen LogP contribution in [0.15, 0.2) is 0 Å². The third-order valence-corrected chi connectivity index (χ3v) is 1.84. The molecule has 0 aromatic carbocycles. The molecular formula is C9H17F2NO2. The number of halogens is 2. The zero-order valence-corrected chi connectivity index (χ0v) is 8.35. The van der Waals surface area contributed by atoms with Crippen molar-refractivity contribution in [3.63, 3.8) is 0 Å². The molecule has 0 aliphatic carbocycles. The van der Waals surface area contributed by atoms with Crippen molar-refractivity contribution >= 4 is 5.91 Å². The summed E-state index contributed by atoms with van der Waals surface area (Å²) in [4.78, 5) is 10.4. The first-order valence-corrected chi connectivity index (χ1v) is 4.87. The molecule has 0 aliphatic heterocycles. The predicted molar refractivity (Wildman–Crippen MR) is 48.9 cm³/mol. The molecule has 0 radical (unpaired) electrons. The maximum absolute atomic E-state index is 11.9. The third-order valence-electron chi connectivity index (χ3n) is 1.84. The molecule has 1 amide bonds. The van der Waals surface area contributed by atoms with Crippen molar-refractivity contribution in [1.29, 1.82) is 0 Å². The average Bonchev–Trinajstić information content (AvgIpc) is 2.09.